The summed E-state index contributed by atoms with van der Waals surface area (Å²) in [5.41, 5.74) is 4.73. The van der Waals surface area contributed by atoms with Crippen molar-refractivity contribution in [3.8, 4) is 16.9 Å². The van der Waals surface area contributed by atoms with E-state index in [1.807, 2.05) is 24.3 Å². The average molecular weight is 424 g/mol. The molecule has 0 saturated carbocycles. The number of nitrogens with two attached hydrogens (primary N) is 1. The molecule has 0 atom stereocenters. The SMILES string of the molecule is CC(C)(C)c1ccc(CC(=O)c2ccc(-c3ccc(OS(N)(=O)=O)cc3)cc2)cc1. The van der Waals surface area contributed by atoms with Gasteiger partial charge < -0.3 is 4.18 Å². The summed E-state index contributed by atoms with van der Waals surface area (Å²) >= 11 is 0. The van der Waals surface area contributed by atoms with Gasteiger partial charge in [0, 0.05) is 12.0 Å². The van der Waals surface area contributed by atoms with E-state index in [-0.39, 0.29) is 16.9 Å². The van der Waals surface area contributed by atoms with Crippen molar-refractivity contribution >= 4 is 16.1 Å². The van der Waals surface area contributed by atoms with Gasteiger partial charge in [0.15, 0.2) is 5.78 Å². The second kappa shape index (κ2) is 8.42. The van der Waals surface area contributed by atoms with E-state index in [9.17, 15) is 13.2 Å². The molecular formula is C24H25NO4S. The minimum absolute atomic E-state index is 0.0574. The standard InChI is InChI=1S/C24H25NO4S/c1-24(2,3)21-12-4-17(5-13-21)16-23(26)20-8-6-18(7-9-20)19-10-14-22(15-11-19)29-30(25,27)28/h4-15H,16H2,1-3H3,(H2,25,27,28). The Morgan fingerprint density at radius 1 is 0.833 bits per heavy atom. The van der Waals surface area contributed by atoms with E-state index in [4.69, 9.17) is 5.14 Å². The van der Waals surface area contributed by atoms with E-state index >= 15 is 0 Å². The predicted octanol–water partition coefficient (Wildman–Crippen LogP) is 4.66. The lowest BCUT2D eigenvalue weighted by Crippen LogP contribution is -2.18. The minimum atomic E-state index is -4.04. The highest BCUT2D eigenvalue weighted by Crippen LogP contribution is 2.25. The Morgan fingerprint density at radius 2 is 1.33 bits per heavy atom. The molecule has 0 saturated heterocycles. The lowest BCUT2D eigenvalue weighted by molar-refractivity contribution is 0.0993. The summed E-state index contributed by atoms with van der Waals surface area (Å²) < 4.78 is 26.6. The fourth-order valence-electron chi connectivity index (χ4n) is 3.10. The summed E-state index contributed by atoms with van der Waals surface area (Å²) in [5.74, 6) is 0.201. The van der Waals surface area contributed by atoms with Crippen molar-refractivity contribution in [3.63, 3.8) is 0 Å². The molecule has 2 N–H and O–H groups in total. The molecule has 0 fully saturated rings. The van der Waals surface area contributed by atoms with Crippen molar-refractivity contribution in [2.45, 2.75) is 32.6 Å². The molecule has 0 aliphatic heterocycles. The molecule has 0 radical (unpaired) electrons. The Labute approximate surface area is 177 Å². The summed E-state index contributed by atoms with van der Waals surface area (Å²) in [4.78, 5) is 12.6. The number of ketones is 1. The number of carbonyl (C=O) groups excluding carboxylic acids is 1. The summed E-state index contributed by atoms with van der Waals surface area (Å²) in [5, 5.41) is 4.86. The lowest BCUT2D eigenvalue weighted by atomic mass is 9.86. The van der Waals surface area contributed by atoms with Crippen LogP contribution in [-0.4, -0.2) is 14.2 Å². The lowest BCUT2D eigenvalue weighted by Gasteiger charge is -2.19. The Bertz CT molecular complexity index is 1130. The molecule has 0 aliphatic rings. The van der Waals surface area contributed by atoms with Gasteiger partial charge in [-0.1, -0.05) is 81.4 Å². The van der Waals surface area contributed by atoms with Crippen molar-refractivity contribution < 1.29 is 17.4 Å². The Hall–Kier alpha value is -2.96. The van der Waals surface area contributed by atoms with E-state index in [0.717, 1.165) is 16.7 Å². The first-order valence-corrected chi connectivity index (χ1v) is 11.0. The van der Waals surface area contributed by atoms with Crippen molar-refractivity contribution in [2.75, 3.05) is 0 Å². The van der Waals surface area contributed by atoms with Gasteiger partial charge in [-0.3, -0.25) is 4.79 Å². The van der Waals surface area contributed by atoms with Gasteiger partial charge in [-0.15, -0.1) is 0 Å². The van der Waals surface area contributed by atoms with Crippen LogP contribution in [0.2, 0.25) is 0 Å². The first-order valence-electron chi connectivity index (χ1n) is 9.57. The molecule has 3 aromatic rings. The quantitative estimate of drug-likeness (QED) is 0.584. The average Bonchev–Trinajstić information content (AvgIpc) is 2.67. The first-order chi connectivity index (χ1) is 14.0. The minimum Gasteiger partial charge on any atom is -0.371 e. The van der Waals surface area contributed by atoms with Crippen LogP contribution in [0.4, 0.5) is 0 Å². The molecule has 6 heteroatoms. The summed E-state index contributed by atoms with van der Waals surface area (Å²) in [6.45, 7) is 6.49. The van der Waals surface area contributed by atoms with Crippen molar-refractivity contribution in [1.29, 1.82) is 0 Å². The van der Waals surface area contributed by atoms with Crippen LogP contribution in [0, 0.1) is 0 Å². The first kappa shape index (κ1) is 21.7. The maximum absolute atomic E-state index is 12.6. The highest BCUT2D eigenvalue weighted by molar-refractivity contribution is 7.84. The van der Waals surface area contributed by atoms with Gasteiger partial charge in [-0.05, 0) is 39.8 Å². The number of hydrogen-bond acceptors (Lipinski definition) is 4. The third-order valence-corrected chi connectivity index (χ3v) is 5.22. The van der Waals surface area contributed by atoms with Gasteiger partial charge >= 0.3 is 10.3 Å². The van der Waals surface area contributed by atoms with Crippen LogP contribution in [0.5, 0.6) is 5.75 Å². The molecule has 0 spiro atoms. The van der Waals surface area contributed by atoms with E-state index in [2.05, 4.69) is 37.1 Å². The molecule has 3 rings (SSSR count). The second-order valence-electron chi connectivity index (χ2n) is 8.22. The Balaban J connectivity index is 1.68. The zero-order chi connectivity index (χ0) is 21.9. The number of carbonyl (C=O) groups is 1. The molecule has 0 aliphatic carbocycles. The fourth-order valence-corrected chi connectivity index (χ4v) is 3.48. The molecule has 30 heavy (non-hydrogen) atoms. The highest BCUT2D eigenvalue weighted by atomic mass is 32.2. The summed E-state index contributed by atoms with van der Waals surface area (Å²) in [6, 6.07) is 22.0. The molecule has 0 heterocycles. The van der Waals surface area contributed by atoms with Crippen LogP contribution < -0.4 is 9.32 Å². The van der Waals surface area contributed by atoms with Gasteiger partial charge in [0.05, 0.1) is 0 Å². The second-order valence-corrected chi connectivity index (χ2v) is 9.38. The topological polar surface area (TPSA) is 86.5 Å². The van der Waals surface area contributed by atoms with Gasteiger partial charge in [-0.2, -0.15) is 13.6 Å². The van der Waals surface area contributed by atoms with Crippen molar-refractivity contribution in [2.24, 2.45) is 5.14 Å². The molecule has 156 valence electrons. The molecule has 0 amide bonds. The number of hydrogen-bond donors (Lipinski definition) is 1. The third-order valence-electron chi connectivity index (χ3n) is 4.79. The summed E-state index contributed by atoms with van der Waals surface area (Å²) in [6.07, 6.45) is 0.351. The van der Waals surface area contributed by atoms with E-state index in [1.54, 1.807) is 24.3 Å². The zero-order valence-corrected chi connectivity index (χ0v) is 18.1. The van der Waals surface area contributed by atoms with Crippen LogP contribution in [-0.2, 0) is 22.1 Å². The molecule has 0 aromatic heterocycles. The van der Waals surface area contributed by atoms with Crippen LogP contribution in [0.1, 0.15) is 42.3 Å². The van der Waals surface area contributed by atoms with Gasteiger partial charge in [-0.25, -0.2) is 0 Å². The number of benzene rings is 3. The molecule has 3 aromatic carbocycles. The van der Waals surface area contributed by atoms with Gasteiger partial charge in [0.25, 0.3) is 0 Å². The normalized spacial score (nSPS) is 11.9. The van der Waals surface area contributed by atoms with Crippen LogP contribution >= 0.6 is 0 Å². The fraction of sp³-hybridized carbons (Fsp3) is 0.208. The molecule has 0 bridgehead atoms. The zero-order valence-electron chi connectivity index (χ0n) is 17.3. The largest absolute Gasteiger partial charge is 0.380 e. The Morgan fingerprint density at radius 3 is 1.80 bits per heavy atom. The smallest absolute Gasteiger partial charge is 0.371 e. The van der Waals surface area contributed by atoms with Crippen LogP contribution in [0.25, 0.3) is 11.1 Å². The summed E-state index contributed by atoms with van der Waals surface area (Å²) in [7, 11) is -4.04. The van der Waals surface area contributed by atoms with Crippen LogP contribution in [0.3, 0.4) is 0 Å². The molecule has 5 nitrogen and oxygen atoms in total. The maximum Gasteiger partial charge on any atom is 0.380 e. The number of Topliss-reactive ketones (excluding diaryl/α,β-unsaturated/α-hetero) is 1. The van der Waals surface area contributed by atoms with Gasteiger partial charge in [0.2, 0.25) is 0 Å². The Kier molecular flexibility index (Phi) is 6.10. The molecule has 0 unspecified atom stereocenters. The highest BCUT2D eigenvalue weighted by Gasteiger charge is 2.14. The number of rotatable bonds is 6. The van der Waals surface area contributed by atoms with Crippen LogP contribution in [0.15, 0.2) is 72.8 Å². The molecular weight excluding hydrogens is 398 g/mol. The van der Waals surface area contributed by atoms with E-state index in [0.29, 0.717) is 12.0 Å². The monoisotopic (exact) mass is 423 g/mol. The van der Waals surface area contributed by atoms with E-state index < -0.39 is 10.3 Å². The third kappa shape index (κ3) is 5.78. The van der Waals surface area contributed by atoms with Crippen molar-refractivity contribution in [1.82, 2.24) is 0 Å². The van der Waals surface area contributed by atoms with E-state index in [1.165, 1.54) is 17.7 Å². The van der Waals surface area contributed by atoms with Crippen molar-refractivity contribution in [3.05, 3.63) is 89.5 Å². The maximum atomic E-state index is 12.6. The predicted molar refractivity (Wildman–Crippen MR) is 119 cm³/mol. The van der Waals surface area contributed by atoms with Gasteiger partial charge in [0.1, 0.15) is 5.75 Å².